The Hall–Kier alpha value is -2.70. The van der Waals surface area contributed by atoms with E-state index in [9.17, 15) is 19.5 Å². The standard InChI is InChI=1S/C11H9N5O5S/c1-4(17)21-6(2-12)5-3-22-10-7(14-15-13)9(18)16(10)8(5)11(19)20/h6-7,10H,3H2,1H3,(H,19,20)/t6?,7-,10-/m1/s1. The molecule has 11 heteroatoms. The van der Waals surface area contributed by atoms with Gasteiger partial charge in [0.15, 0.2) is 0 Å². The third kappa shape index (κ3) is 2.45. The Bertz CT molecular complexity index is 677. The van der Waals surface area contributed by atoms with Gasteiger partial charge in [-0.1, -0.05) is 5.11 Å². The SMILES string of the molecule is CC(=O)OC(C#N)C1=C(C(=O)O)N2C(=O)[C@@H](N=[N+]=[N-])[C@H]2SC1. The molecule has 2 aliphatic heterocycles. The molecule has 0 aromatic rings. The van der Waals surface area contributed by atoms with Crippen molar-refractivity contribution in [2.75, 3.05) is 5.75 Å². The molecule has 0 radical (unpaired) electrons. The second-order valence-electron chi connectivity index (χ2n) is 4.36. The summed E-state index contributed by atoms with van der Waals surface area (Å²) < 4.78 is 4.78. The van der Waals surface area contributed by atoms with Crippen LogP contribution in [0.15, 0.2) is 16.4 Å². The molecule has 2 rings (SSSR count). The fourth-order valence-corrected chi connectivity index (χ4v) is 3.54. The zero-order chi connectivity index (χ0) is 16.4. The number of nitrogens with zero attached hydrogens (tertiary/aromatic N) is 5. The Balaban J connectivity index is 2.42. The Morgan fingerprint density at radius 2 is 2.36 bits per heavy atom. The fraction of sp³-hybridized carbons (Fsp3) is 0.455. The molecule has 0 saturated carbocycles. The summed E-state index contributed by atoms with van der Waals surface area (Å²) in [7, 11) is 0. The van der Waals surface area contributed by atoms with Crippen LogP contribution in [0.1, 0.15) is 6.92 Å². The summed E-state index contributed by atoms with van der Waals surface area (Å²) in [5.41, 5.74) is 8.04. The Morgan fingerprint density at radius 3 is 2.86 bits per heavy atom. The minimum atomic E-state index is -1.42. The quantitative estimate of drug-likeness (QED) is 0.257. The van der Waals surface area contributed by atoms with E-state index in [4.69, 9.17) is 15.5 Å². The van der Waals surface area contributed by atoms with Crippen LogP contribution in [0.4, 0.5) is 0 Å². The number of nitriles is 1. The van der Waals surface area contributed by atoms with Crippen molar-refractivity contribution in [3.8, 4) is 6.07 Å². The number of hydrogen-bond donors (Lipinski definition) is 1. The summed E-state index contributed by atoms with van der Waals surface area (Å²) in [5, 5.41) is 21.1. The summed E-state index contributed by atoms with van der Waals surface area (Å²) in [4.78, 5) is 37.9. The summed E-state index contributed by atoms with van der Waals surface area (Å²) in [6.45, 7) is 1.09. The molecule has 1 amide bonds. The smallest absolute Gasteiger partial charge is 0.352 e. The zero-order valence-electron chi connectivity index (χ0n) is 11.2. The third-order valence-corrected chi connectivity index (χ3v) is 4.35. The molecule has 1 unspecified atom stereocenters. The van der Waals surface area contributed by atoms with Crippen LogP contribution >= 0.6 is 11.8 Å². The molecule has 22 heavy (non-hydrogen) atoms. The Labute approximate surface area is 127 Å². The first-order valence-corrected chi connectivity index (χ1v) is 6.99. The molecule has 0 aliphatic carbocycles. The first-order valence-electron chi connectivity index (χ1n) is 5.94. The van der Waals surface area contributed by atoms with E-state index in [0.29, 0.717) is 0 Å². The normalized spacial score (nSPS) is 24.4. The van der Waals surface area contributed by atoms with Gasteiger partial charge in [0.2, 0.25) is 12.0 Å². The van der Waals surface area contributed by atoms with Gasteiger partial charge in [-0.25, -0.2) is 4.79 Å². The summed E-state index contributed by atoms with van der Waals surface area (Å²) in [5.74, 6) is -2.75. The van der Waals surface area contributed by atoms with Gasteiger partial charge in [-0.3, -0.25) is 14.5 Å². The van der Waals surface area contributed by atoms with Gasteiger partial charge in [0.1, 0.15) is 23.2 Å². The average molecular weight is 323 g/mol. The molecular weight excluding hydrogens is 314 g/mol. The van der Waals surface area contributed by atoms with Crippen LogP contribution in [-0.2, 0) is 19.1 Å². The molecule has 1 N–H and O–H groups in total. The van der Waals surface area contributed by atoms with E-state index in [2.05, 4.69) is 10.0 Å². The highest BCUT2D eigenvalue weighted by atomic mass is 32.2. The van der Waals surface area contributed by atoms with Gasteiger partial charge in [-0.05, 0) is 5.53 Å². The Kier molecular flexibility index (Phi) is 4.25. The van der Waals surface area contributed by atoms with Crippen molar-refractivity contribution >= 4 is 29.6 Å². The summed E-state index contributed by atoms with van der Waals surface area (Å²) >= 11 is 1.14. The Morgan fingerprint density at radius 1 is 1.68 bits per heavy atom. The maximum Gasteiger partial charge on any atom is 0.352 e. The number of amides is 1. The van der Waals surface area contributed by atoms with E-state index >= 15 is 0 Å². The van der Waals surface area contributed by atoms with E-state index < -0.39 is 41.1 Å². The number of esters is 1. The molecule has 0 aromatic heterocycles. The van der Waals surface area contributed by atoms with Gasteiger partial charge in [0, 0.05) is 23.2 Å². The molecule has 1 saturated heterocycles. The van der Waals surface area contributed by atoms with Gasteiger partial charge in [-0.2, -0.15) is 5.26 Å². The van der Waals surface area contributed by atoms with Crippen LogP contribution in [0.5, 0.6) is 0 Å². The van der Waals surface area contributed by atoms with Crippen LogP contribution in [-0.4, -0.2) is 51.1 Å². The maximum absolute atomic E-state index is 11.9. The molecule has 0 bridgehead atoms. The van der Waals surface area contributed by atoms with E-state index in [0.717, 1.165) is 23.6 Å². The van der Waals surface area contributed by atoms with Gasteiger partial charge < -0.3 is 9.84 Å². The van der Waals surface area contributed by atoms with E-state index in [-0.39, 0.29) is 11.3 Å². The molecule has 114 valence electrons. The number of thioether (sulfide) groups is 1. The lowest BCUT2D eigenvalue weighted by atomic mass is 10.0. The first-order chi connectivity index (χ1) is 10.4. The number of hydrogen-bond acceptors (Lipinski definition) is 7. The van der Waals surface area contributed by atoms with Gasteiger partial charge in [0.25, 0.3) is 0 Å². The highest BCUT2D eigenvalue weighted by Gasteiger charge is 2.54. The number of β-lactam (4-membered cyclic amide) rings is 1. The van der Waals surface area contributed by atoms with Crippen molar-refractivity contribution in [2.45, 2.75) is 24.4 Å². The number of azide groups is 1. The van der Waals surface area contributed by atoms with E-state index in [1.807, 2.05) is 0 Å². The van der Waals surface area contributed by atoms with Crippen LogP contribution in [0.3, 0.4) is 0 Å². The summed E-state index contributed by atoms with van der Waals surface area (Å²) in [6, 6.07) is 0.729. The van der Waals surface area contributed by atoms with E-state index in [1.54, 1.807) is 6.07 Å². The van der Waals surface area contributed by atoms with E-state index in [1.165, 1.54) is 0 Å². The number of ether oxygens (including phenoxy) is 1. The maximum atomic E-state index is 11.9. The lowest BCUT2D eigenvalue weighted by Crippen LogP contribution is -2.64. The van der Waals surface area contributed by atoms with Crippen LogP contribution in [0.25, 0.3) is 10.4 Å². The molecule has 3 atom stereocenters. The second-order valence-corrected chi connectivity index (χ2v) is 5.46. The average Bonchev–Trinajstić information content (AvgIpc) is 2.48. The fourth-order valence-electron chi connectivity index (χ4n) is 2.19. The molecule has 10 nitrogen and oxygen atoms in total. The number of carbonyl (C=O) groups excluding carboxylic acids is 2. The molecule has 0 spiro atoms. The van der Waals surface area contributed by atoms with Crippen molar-refractivity contribution in [1.29, 1.82) is 5.26 Å². The molecule has 2 aliphatic rings. The monoisotopic (exact) mass is 323 g/mol. The number of carbonyl (C=O) groups is 3. The number of aliphatic carboxylic acids is 1. The van der Waals surface area contributed by atoms with Crippen molar-refractivity contribution < 1.29 is 24.2 Å². The van der Waals surface area contributed by atoms with Crippen molar-refractivity contribution in [3.63, 3.8) is 0 Å². The third-order valence-electron chi connectivity index (χ3n) is 3.07. The van der Waals surface area contributed by atoms with Crippen molar-refractivity contribution in [3.05, 3.63) is 21.7 Å². The predicted octanol–water partition coefficient (Wildman–Crippen LogP) is 0.374. The number of rotatable bonds is 4. The van der Waals surface area contributed by atoms with Crippen LogP contribution in [0, 0.1) is 11.3 Å². The largest absolute Gasteiger partial charge is 0.477 e. The topological polar surface area (TPSA) is 156 Å². The molecule has 2 heterocycles. The second kappa shape index (κ2) is 5.97. The first kappa shape index (κ1) is 15.7. The molecule has 0 aromatic carbocycles. The highest BCUT2D eigenvalue weighted by molar-refractivity contribution is 8.00. The van der Waals surface area contributed by atoms with Gasteiger partial charge in [0.05, 0.1) is 0 Å². The van der Waals surface area contributed by atoms with Gasteiger partial charge >= 0.3 is 11.9 Å². The van der Waals surface area contributed by atoms with Crippen LogP contribution in [0.2, 0.25) is 0 Å². The van der Waals surface area contributed by atoms with Crippen LogP contribution < -0.4 is 0 Å². The van der Waals surface area contributed by atoms with Crippen molar-refractivity contribution in [2.24, 2.45) is 5.11 Å². The lowest BCUT2D eigenvalue weighted by Gasteiger charge is -2.48. The molecular formula is C11H9N5O5S. The lowest BCUT2D eigenvalue weighted by molar-refractivity contribution is -0.148. The minimum Gasteiger partial charge on any atom is -0.477 e. The zero-order valence-corrected chi connectivity index (χ0v) is 12.0. The minimum absolute atomic E-state index is 0.0270. The van der Waals surface area contributed by atoms with Crippen molar-refractivity contribution in [1.82, 2.24) is 4.90 Å². The van der Waals surface area contributed by atoms with Gasteiger partial charge in [-0.15, -0.1) is 11.8 Å². The number of fused-ring (bicyclic) bond motifs is 1. The summed E-state index contributed by atoms with van der Waals surface area (Å²) in [6.07, 6.45) is -1.39. The highest BCUT2D eigenvalue weighted by Crippen LogP contribution is 2.42. The number of carboxylic acid groups (broad SMARTS) is 1. The molecule has 1 fully saturated rings. The predicted molar refractivity (Wildman–Crippen MR) is 71.9 cm³/mol. The number of carboxylic acids is 1.